The molecule has 0 saturated heterocycles. The summed E-state index contributed by atoms with van der Waals surface area (Å²) in [5.74, 6) is 0. The normalized spacial score (nSPS) is 13.4. The summed E-state index contributed by atoms with van der Waals surface area (Å²) in [7, 11) is 1.76. The number of aliphatic hydroxyl groups excluding tert-OH is 1. The van der Waals surface area contributed by atoms with Crippen molar-refractivity contribution in [2.24, 2.45) is 7.05 Å². The number of hydrogen-bond donors (Lipinski definition) is 1. The Morgan fingerprint density at radius 2 is 1.95 bits per heavy atom. The van der Waals surface area contributed by atoms with E-state index in [0.717, 1.165) is 11.8 Å². The maximum absolute atomic E-state index is 12.9. The molecule has 1 aromatic carbocycles. The smallest absolute Gasteiger partial charge is 0.388 e. The summed E-state index contributed by atoms with van der Waals surface area (Å²) in [6.45, 7) is 0. The molecule has 6 heteroatoms. The average Bonchev–Trinajstić information content (AvgIpc) is 2.80. The molecule has 1 unspecified atom stereocenters. The molecule has 1 heterocycles. The first kappa shape index (κ1) is 14.6. The van der Waals surface area contributed by atoms with Crippen LogP contribution in [0.25, 0.3) is 0 Å². The second-order valence-corrected chi connectivity index (χ2v) is 4.59. The van der Waals surface area contributed by atoms with Gasteiger partial charge in [-0.15, -0.1) is 0 Å². The van der Waals surface area contributed by atoms with E-state index in [4.69, 9.17) is 0 Å². The lowest BCUT2D eigenvalue weighted by atomic mass is 9.98. The highest BCUT2D eigenvalue weighted by atomic mass is 19.4. The van der Waals surface area contributed by atoms with Gasteiger partial charge >= 0.3 is 6.18 Å². The van der Waals surface area contributed by atoms with E-state index in [9.17, 15) is 18.3 Å². The van der Waals surface area contributed by atoms with Crippen molar-refractivity contribution in [2.45, 2.75) is 25.1 Å². The van der Waals surface area contributed by atoms with Gasteiger partial charge in [0.15, 0.2) is 0 Å². The van der Waals surface area contributed by atoms with Crippen LogP contribution in [0.2, 0.25) is 0 Å². The molecule has 1 atom stereocenters. The van der Waals surface area contributed by atoms with E-state index in [1.54, 1.807) is 24.0 Å². The molecular formula is C14H15F3N2O. The molecule has 0 aliphatic heterocycles. The minimum absolute atomic E-state index is 0.0813. The lowest BCUT2D eigenvalue weighted by Gasteiger charge is -2.17. The summed E-state index contributed by atoms with van der Waals surface area (Å²) in [6.07, 6.45) is -3.31. The van der Waals surface area contributed by atoms with E-state index in [0.29, 0.717) is 6.42 Å². The van der Waals surface area contributed by atoms with Gasteiger partial charge < -0.3 is 5.11 Å². The minimum Gasteiger partial charge on any atom is -0.388 e. The lowest BCUT2D eigenvalue weighted by molar-refractivity contribution is -0.139. The molecule has 3 nitrogen and oxygen atoms in total. The number of alkyl halides is 3. The second kappa shape index (κ2) is 5.66. The third kappa shape index (κ3) is 3.19. The third-order valence-electron chi connectivity index (χ3n) is 3.22. The zero-order chi connectivity index (χ0) is 14.8. The molecule has 1 N–H and O–H groups in total. The van der Waals surface area contributed by atoms with Crippen LogP contribution in [-0.2, 0) is 19.6 Å². The molecule has 0 radical (unpaired) electrons. The summed E-state index contributed by atoms with van der Waals surface area (Å²) in [6, 6.07) is 6.90. The predicted molar refractivity (Wildman–Crippen MR) is 67.9 cm³/mol. The van der Waals surface area contributed by atoms with Gasteiger partial charge in [0, 0.05) is 18.9 Å². The first-order valence-corrected chi connectivity index (χ1v) is 6.20. The van der Waals surface area contributed by atoms with Gasteiger partial charge in [-0.05, 0) is 30.5 Å². The predicted octanol–water partition coefficient (Wildman–Crippen LogP) is 3.11. The molecule has 2 rings (SSSR count). The highest BCUT2D eigenvalue weighted by Gasteiger charge is 2.34. The van der Waals surface area contributed by atoms with Crippen LogP contribution in [0, 0.1) is 0 Å². The van der Waals surface area contributed by atoms with E-state index in [1.807, 2.05) is 0 Å². The number of aryl methyl sites for hydroxylation is 2. The topological polar surface area (TPSA) is 38.0 Å². The number of rotatable bonds is 4. The van der Waals surface area contributed by atoms with Crippen LogP contribution in [0.3, 0.4) is 0 Å². The summed E-state index contributed by atoms with van der Waals surface area (Å²) in [5.41, 5.74) is 0.00761. The summed E-state index contributed by atoms with van der Waals surface area (Å²) < 4.78 is 40.2. The van der Waals surface area contributed by atoms with Crippen molar-refractivity contribution in [3.8, 4) is 0 Å². The van der Waals surface area contributed by atoms with Crippen LogP contribution in [0.1, 0.15) is 29.3 Å². The molecule has 108 valence electrons. The van der Waals surface area contributed by atoms with Crippen LogP contribution >= 0.6 is 0 Å². The van der Waals surface area contributed by atoms with Gasteiger partial charge in [0.05, 0.1) is 11.7 Å². The fourth-order valence-corrected chi connectivity index (χ4v) is 2.13. The molecule has 0 fully saturated rings. The van der Waals surface area contributed by atoms with Crippen molar-refractivity contribution in [1.82, 2.24) is 9.78 Å². The Balaban J connectivity index is 2.14. The van der Waals surface area contributed by atoms with Gasteiger partial charge in [0.1, 0.15) is 0 Å². The van der Waals surface area contributed by atoms with Crippen molar-refractivity contribution in [2.75, 3.05) is 0 Å². The van der Waals surface area contributed by atoms with Crippen molar-refractivity contribution in [3.05, 3.63) is 53.3 Å². The summed E-state index contributed by atoms with van der Waals surface area (Å²) in [4.78, 5) is 0. The Hall–Kier alpha value is -1.82. The molecule has 1 aromatic heterocycles. The van der Waals surface area contributed by atoms with Gasteiger partial charge in [-0.3, -0.25) is 4.68 Å². The largest absolute Gasteiger partial charge is 0.416 e. The summed E-state index contributed by atoms with van der Waals surface area (Å²) in [5, 5.41) is 14.0. The highest BCUT2D eigenvalue weighted by molar-refractivity contribution is 5.31. The Morgan fingerprint density at radius 1 is 1.25 bits per heavy atom. The molecular weight excluding hydrogens is 269 g/mol. The standard InChI is InChI=1S/C14H15F3N2O/c1-19-10(8-9-18-19)6-7-13(20)11-4-2-3-5-12(11)14(15,16)17/h2-5,8-9,13,20H,6-7H2,1H3. The summed E-state index contributed by atoms with van der Waals surface area (Å²) >= 11 is 0. The van der Waals surface area contributed by atoms with Gasteiger partial charge in [0.25, 0.3) is 0 Å². The Kier molecular flexibility index (Phi) is 4.13. The molecule has 0 bridgehead atoms. The van der Waals surface area contributed by atoms with Crippen LogP contribution in [0.4, 0.5) is 13.2 Å². The fourth-order valence-electron chi connectivity index (χ4n) is 2.13. The molecule has 0 spiro atoms. The van der Waals surface area contributed by atoms with Crippen LogP contribution in [0.15, 0.2) is 36.5 Å². The van der Waals surface area contributed by atoms with Gasteiger partial charge in [-0.1, -0.05) is 18.2 Å². The molecule has 0 amide bonds. The maximum Gasteiger partial charge on any atom is 0.416 e. The van der Waals surface area contributed by atoms with E-state index < -0.39 is 17.8 Å². The number of nitrogens with zero attached hydrogens (tertiary/aromatic N) is 2. The second-order valence-electron chi connectivity index (χ2n) is 4.59. The zero-order valence-electron chi connectivity index (χ0n) is 10.9. The molecule has 0 aliphatic carbocycles. The first-order valence-electron chi connectivity index (χ1n) is 6.20. The molecule has 20 heavy (non-hydrogen) atoms. The van der Waals surface area contributed by atoms with Crippen molar-refractivity contribution in [1.29, 1.82) is 0 Å². The number of aromatic nitrogens is 2. The molecule has 0 aliphatic rings. The van der Waals surface area contributed by atoms with Crippen LogP contribution in [0.5, 0.6) is 0 Å². The van der Waals surface area contributed by atoms with Gasteiger partial charge in [-0.25, -0.2) is 0 Å². The van der Waals surface area contributed by atoms with Crippen molar-refractivity contribution in [3.63, 3.8) is 0 Å². The van der Waals surface area contributed by atoms with E-state index in [2.05, 4.69) is 5.10 Å². The lowest BCUT2D eigenvalue weighted by Crippen LogP contribution is -2.12. The number of hydrogen-bond acceptors (Lipinski definition) is 2. The van der Waals surface area contributed by atoms with Gasteiger partial charge in [0.2, 0.25) is 0 Å². The van der Waals surface area contributed by atoms with Crippen molar-refractivity contribution < 1.29 is 18.3 Å². The van der Waals surface area contributed by atoms with Crippen LogP contribution in [-0.4, -0.2) is 14.9 Å². The Morgan fingerprint density at radius 3 is 2.55 bits per heavy atom. The quantitative estimate of drug-likeness (QED) is 0.936. The van der Waals surface area contributed by atoms with Gasteiger partial charge in [-0.2, -0.15) is 18.3 Å². The van der Waals surface area contributed by atoms with Crippen LogP contribution < -0.4 is 0 Å². The van der Waals surface area contributed by atoms with E-state index in [1.165, 1.54) is 18.2 Å². The number of benzene rings is 1. The average molecular weight is 284 g/mol. The Bertz CT molecular complexity index is 578. The fraction of sp³-hybridized carbons (Fsp3) is 0.357. The maximum atomic E-state index is 12.9. The monoisotopic (exact) mass is 284 g/mol. The Labute approximate surface area is 114 Å². The first-order chi connectivity index (χ1) is 9.39. The minimum atomic E-state index is -4.45. The zero-order valence-corrected chi connectivity index (χ0v) is 10.9. The SMILES string of the molecule is Cn1nccc1CCC(O)c1ccccc1C(F)(F)F. The van der Waals surface area contributed by atoms with E-state index in [-0.39, 0.29) is 12.0 Å². The number of halogens is 3. The highest BCUT2D eigenvalue weighted by Crippen LogP contribution is 2.35. The number of aliphatic hydroxyl groups is 1. The third-order valence-corrected chi connectivity index (χ3v) is 3.22. The molecule has 0 saturated carbocycles. The molecule has 2 aromatic rings. The van der Waals surface area contributed by atoms with E-state index >= 15 is 0 Å². The van der Waals surface area contributed by atoms with Crippen molar-refractivity contribution >= 4 is 0 Å².